The number of fused-ring (bicyclic) bond motifs is 2. The minimum Gasteiger partial charge on any atom is -0.300 e. The molecule has 0 saturated carbocycles. The third kappa shape index (κ3) is 3.03. The van der Waals surface area contributed by atoms with Gasteiger partial charge in [0.15, 0.2) is 0 Å². The van der Waals surface area contributed by atoms with Gasteiger partial charge in [-0.1, -0.05) is 13.8 Å². The van der Waals surface area contributed by atoms with Gasteiger partial charge in [-0.05, 0) is 38.6 Å². The van der Waals surface area contributed by atoms with Crippen LogP contribution in [0, 0.1) is 11.8 Å². The molecule has 2 atom stereocenters. The first kappa shape index (κ1) is 14.7. The van der Waals surface area contributed by atoms with E-state index in [1.165, 1.54) is 12.8 Å². The van der Waals surface area contributed by atoms with E-state index in [-0.39, 0.29) is 5.92 Å². The molecule has 0 amide bonds. The first-order valence-electron chi connectivity index (χ1n) is 8.16. The van der Waals surface area contributed by atoms with E-state index in [2.05, 4.69) is 35.9 Å². The highest BCUT2D eigenvalue weighted by molar-refractivity contribution is 5.82. The number of aromatic nitrogens is 3. The Balaban J connectivity index is 1.63. The summed E-state index contributed by atoms with van der Waals surface area (Å²) in [7, 11) is 2.21. The minimum atomic E-state index is 0.225. The first-order valence-corrected chi connectivity index (χ1v) is 8.16. The number of piperidine rings is 1. The number of hydrogen-bond acceptors (Lipinski definition) is 4. The van der Waals surface area contributed by atoms with Crippen LogP contribution in [0.2, 0.25) is 0 Å². The number of carbonyl (C=O) groups is 1. The van der Waals surface area contributed by atoms with E-state index in [0.29, 0.717) is 30.2 Å². The van der Waals surface area contributed by atoms with Gasteiger partial charge in [0.25, 0.3) is 0 Å². The van der Waals surface area contributed by atoms with Crippen LogP contribution in [0.5, 0.6) is 0 Å². The maximum atomic E-state index is 12.6. The topological polar surface area (TPSA) is 51.0 Å². The summed E-state index contributed by atoms with van der Waals surface area (Å²) in [6.45, 7) is 5.14. The lowest BCUT2D eigenvalue weighted by Gasteiger charge is -2.35. The van der Waals surface area contributed by atoms with E-state index in [9.17, 15) is 4.79 Å². The van der Waals surface area contributed by atoms with Gasteiger partial charge in [-0.2, -0.15) is 5.10 Å². The van der Waals surface area contributed by atoms with Crippen molar-refractivity contribution in [2.24, 2.45) is 11.8 Å². The van der Waals surface area contributed by atoms with Crippen LogP contribution in [-0.2, 0) is 17.8 Å². The average Bonchev–Trinajstić information content (AvgIpc) is 2.90. The molecule has 0 aliphatic carbocycles. The molecular formula is C16H26N4O. The van der Waals surface area contributed by atoms with Gasteiger partial charge in [0.2, 0.25) is 0 Å². The second kappa shape index (κ2) is 5.87. The van der Waals surface area contributed by atoms with E-state index in [1.807, 2.05) is 4.68 Å². The van der Waals surface area contributed by atoms with Crippen LogP contribution in [0.25, 0.3) is 0 Å². The molecule has 5 heteroatoms. The van der Waals surface area contributed by atoms with Crippen LogP contribution < -0.4 is 0 Å². The number of nitrogens with zero attached hydrogens (tertiary/aromatic N) is 4. The summed E-state index contributed by atoms with van der Waals surface area (Å²) in [6.07, 6.45) is 6.60. The maximum Gasteiger partial charge on any atom is 0.143 e. The molecule has 2 aliphatic heterocycles. The Bertz CT molecular complexity index is 496. The molecule has 2 saturated heterocycles. The fourth-order valence-corrected chi connectivity index (χ4v) is 3.90. The van der Waals surface area contributed by atoms with Crippen molar-refractivity contribution in [1.82, 2.24) is 19.7 Å². The van der Waals surface area contributed by atoms with E-state index in [0.717, 1.165) is 25.2 Å². The van der Waals surface area contributed by atoms with Gasteiger partial charge < -0.3 is 4.90 Å². The van der Waals surface area contributed by atoms with Crippen LogP contribution in [0.15, 0.2) is 6.33 Å². The summed E-state index contributed by atoms with van der Waals surface area (Å²) in [5.41, 5.74) is 0. The average molecular weight is 290 g/mol. The molecule has 1 aromatic rings. The number of ketones is 1. The van der Waals surface area contributed by atoms with Crippen molar-refractivity contribution in [3.05, 3.63) is 12.2 Å². The van der Waals surface area contributed by atoms with Gasteiger partial charge in [-0.25, -0.2) is 9.67 Å². The van der Waals surface area contributed by atoms with Crippen molar-refractivity contribution in [3.8, 4) is 0 Å². The quantitative estimate of drug-likeness (QED) is 0.831. The fourth-order valence-electron chi connectivity index (χ4n) is 3.90. The summed E-state index contributed by atoms with van der Waals surface area (Å²) in [4.78, 5) is 19.4. The fraction of sp³-hybridized carbons (Fsp3) is 0.812. The van der Waals surface area contributed by atoms with Crippen molar-refractivity contribution in [2.45, 2.75) is 64.6 Å². The Kier molecular flexibility index (Phi) is 4.11. The normalized spacial score (nSPS) is 29.2. The number of rotatable bonds is 5. The summed E-state index contributed by atoms with van der Waals surface area (Å²) < 4.78 is 1.89. The van der Waals surface area contributed by atoms with Gasteiger partial charge in [0.05, 0.1) is 6.42 Å². The predicted octanol–water partition coefficient (Wildman–Crippen LogP) is 1.92. The standard InChI is InChI=1S/C16H26N4O/c1-11(2)9-20-16(17-10-18-20)8-15(21)12-6-13-4-5-14(7-12)19(13)3/h10-14H,4-9H2,1-3H3. The number of carbonyl (C=O) groups excluding carboxylic acids is 1. The lowest BCUT2D eigenvalue weighted by molar-refractivity contribution is -0.124. The monoisotopic (exact) mass is 290 g/mol. The summed E-state index contributed by atoms with van der Waals surface area (Å²) >= 11 is 0. The van der Waals surface area contributed by atoms with E-state index >= 15 is 0 Å². The highest BCUT2D eigenvalue weighted by Crippen LogP contribution is 2.37. The molecule has 2 aliphatic rings. The molecule has 3 heterocycles. The summed E-state index contributed by atoms with van der Waals surface area (Å²) in [5, 5.41) is 4.25. The second-order valence-electron chi connectivity index (χ2n) is 7.11. The van der Waals surface area contributed by atoms with Crippen LogP contribution >= 0.6 is 0 Å². The molecular weight excluding hydrogens is 264 g/mol. The van der Waals surface area contributed by atoms with Gasteiger partial charge in [-0.3, -0.25) is 4.79 Å². The zero-order valence-electron chi connectivity index (χ0n) is 13.3. The molecule has 2 unspecified atom stereocenters. The third-order valence-electron chi connectivity index (χ3n) is 5.12. The molecule has 116 valence electrons. The maximum absolute atomic E-state index is 12.6. The SMILES string of the molecule is CC(C)Cn1ncnc1CC(=O)C1CC2CCC(C1)N2C. The van der Waals surface area contributed by atoms with Crippen LogP contribution in [0.4, 0.5) is 0 Å². The second-order valence-corrected chi connectivity index (χ2v) is 7.11. The van der Waals surface area contributed by atoms with E-state index in [4.69, 9.17) is 0 Å². The van der Waals surface area contributed by atoms with Crippen molar-refractivity contribution in [1.29, 1.82) is 0 Å². The summed E-state index contributed by atoms with van der Waals surface area (Å²) in [5.74, 6) is 1.93. The molecule has 21 heavy (non-hydrogen) atoms. The Morgan fingerprint density at radius 2 is 2.00 bits per heavy atom. The lowest BCUT2D eigenvalue weighted by atomic mass is 9.86. The van der Waals surface area contributed by atoms with Gasteiger partial charge in [0, 0.05) is 24.5 Å². The predicted molar refractivity (Wildman–Crippen MR) is 80.9 cm³/mol. The zero-order chi connectivity index (χ0) is 15.0. The van der Waals surface area contributed by atoms with Gasteiger partial charge in [-0.15, -0.1) is 0 Å². The molecule has 2 bridgehead atoms. The molecule has 1 aromatic heterocycles. The van der Waals surface area contributed by atoms with Crippen molar-refractivity contribution < 1.29 is 4.79 Å². The van der Waals surface area contributed by atoms with Crippen LogP contribution in [0.1, 0.15) is 45.4 Å². The Hall–Kier alpha value is -1.23. The molecule has 5 nitrogen and oxygen atoms in total. The number of hydrogen-bond donors (Lipinski definition) is 0. The Labute approximate surface area is 126 Å². The van der Waals surface area contributed by atoms with Crippen molar-refractivity contribution in [3.63, 3.8) is 0 Å². The Morgan fingerprint density at radius 1 is 1.33 bits per heavy atom. The smallest absolute Gasteiger partial charge is 0.143 e. The van der Waals surface area contributed by atoms with E-state index in [1.54, 1.807) is 6.33 Å². The summed E-state index contributed by atoms with van der Waals surface area (Å²) in [6, 6.07) is 1.23. The zero-order valence-corrected chi connectivity index (χ0v) is 13.3. The van der Waals surface area contributed by atoms with Gasteiger partial charge in [0.1, 0.15) is 17.9 Å². The largest absolute Gasteiger partial charge is 0.300 e. The molecule has 0 aromatic carbocycles. The first-order chi connectivity index (χ1) is 10.0. The third-order valence-corrected chi connectivity index (χ3v) is 5.12. The molecule has 0 N–H and O–H groups in total. The highest BCUT2D eigenvalue weighted by atomic mass is 16.1. The molecule has 0 radical (unpaired) electrons. The van der Waals surface area contributed by atoms with Crippen molar-refractivity contribution in [2.75, 3.05) is 7.05 Å². The van der Waals surface area contributed by atoms with Gasteiger partial charge >= 0.3 is 0 Å². The molecule has 2 fully saturated rings. The number of Topliss-reactive ketones (excluding diaryl/α,β-unsaturated/α-hetero) is 1. The van der Waals surface area contributed by atoms with Crippen molar-refractivity contribution >= 4 is 5.78 Å². The van der Waals surface area contributed by atoms with Crippen LogP contribution in [0.3, 0.4) is 0 Å². The molecule has 3 rings (SSSR count). The minimum absolute atomic E-state index is 0.225. The highest BCUT2D eigenvalue weighted by Gasteiger charge is 2.40. The lowest BCUT2D eigenvalue weighted by Crippen LogP contribution is -2.42. The van der Waals surface area contributed by atoms with Crippen LogP contribution in [-0.4, -0.2) is 44.6 Å². The van der Waals surface area contributed by atoms with E-state index < -0.39 is 0 Å². The Morgan fingerprint density at radius 3 is 2.62 bits per heavy atom. The molecule has 0 spiro atoms.